The zero-order valence-electron chi connectivity index (χ0n) is 10.1. The van der Waals surface area contributed by atoms with Crippen molar-refractivity contribution in [2.45, 2.75) is 51.5 Å². The lowest BCUT2D eigenvalue weighted by molar-refractivity contribution is 0.293. The van der Waals surface area contributed by atoms with Crippen LogP contribution in [0.5, 0.6) is 0 Å². The van der Waals surface area contributed by atoms with Crippen LogP contribution in [0.4, 0.5) is 4.39 Å². The molecule has 2 N–H and O–H groups in total. The van der Waals surface area contributed by atoms with Crippen LogP contribution in [0.15, 0.2) is 12.1 Å². The van der Waals surface area contributed by atoms with E-state index in [1.807, 2.05) is 19.9 Å². The molecule has 16 heavy (non-hydrogen) atoms. The van der Waals surface area contributed by atoms with Crippen LogP contribution in [0, 0.1) is 19.7 Å². The van der Waals surface area contributed by atoms with Crippen molar-refractivity contribution < 1.29 is 4.39 Å². The van der Waals surface area contributed by atoms with Gasteiger partial charge in [-0.1, -0.05) is 25.3 Å². The highest BCUT2D eigenvalue weighted by Crippen LogP contribution is 2.36. The lowest BCUT2D eigenvalue weighted by Crippen LogP contribution is -2.39. The van der Waals surface area contributed by atoms with Crippen LogP contribution in [0.1, 0.15) is 48.8 Å². The van der Waals surface area contributed by atoms with Crippen molar-refractivity contribution in [1.82, 2.24) is 0 Å². The van der Waals surface area contributed by atoms with Gasteiger partial charge < -0.3 is 5.73 Å². The Balaban J connectivity index is 2.42. The van der Waals surface area contributed by atoms with E-state index in [4.69, 9.17) is 5.73 Å². The minimum Gasteiger partial charge on any atom is -0.321 e. The molecule has 1 saturated carbocycles. The fraction of sp³-hybridized carbons (Fsp3) is 0.571. The van der Waals surface area contributed by atoms with Gasteiger partial charge >= 0.3 is 0 Å². The molecule has 1 aliphatic rings. The number of nitrogens with two attached hydrogens (primary N) is 1. The first kappa shape index (κ1) is 11.6. The fourth-order valence-electron chi connectivity index (χ4n) is 2.61. The largest absolute Gasteiger partial charge is 0.321 e. The normalized spacial score (nSPS) is 19.8. The number of rotatable bonds is 1. The van der Waals surface area contributed by atoms with Crippen molar-refractivity contribution in [3.63, 3.8) is 0 Å². The summed E-state index contributed by atoms with van der Waals surface area (Å²) in [7, 11) is 0. The first-order valence-corrected chi connectivity index (χ1v) is 6.09. The summed E-state index contributed by atoms with van der Waals surface area (Å²) in [6.07, 6.45) is 5.27. The predicted molar refractivity (Wildman–Crippen MR) is 64.8 cm³/mol. The zero-order valence-corrected chi connectivity index (χ0v) is 10.1. The molecule has 0 atom stereocenters. The van der Waals surface area contributed by atoms with Crippen molar-refractivity contribution in [2.75, 3.05) is 0 Å². The second kappa shape index (κ2) is 4.17. The Hall–Kier alpha value is -0.890. The van der Waals surface area contributed by atoms with Crippen molar-refractivity contribution in [1.29, 1.82) is 0 Å². The lowest BCUT2D eigenvalue weighted by atomic mass is 9.76. The van der Waals surface area contributed by atoms with Crippen molar-refractivity contribution in [2.24, 2.45) is 5.73 Å². The quantitative estimate of drug-likeness (QED) is 0.771. The summed E-state index contributed by atoms with van der Waals surface area (Å²) >= 11 is 0. The molecular weight excluding hydrogens is 201 g/mol. The second-order valence-electron chi connectivity index (χ2n) is 5.13. The second-order valence-corrected chi connectivity index (χ2v) is 5.13. The molecule has 0 aliphatic heterocycles. The van der Waals surface area contributed by atoms with Crippen LogP contribution in [-0.4, -0.2) is 0 Å². The molecule has 0 bridgehead atoms. The molecule has 1 aromatic carbocycles. The van der Waals surface area contributed by atoms with E-state index >= 15 is 0 Å². The maximum atomic E-state index is 14.0. The van der Waals surface area contributed by atoms with Gasteiger partial charge in [-0.25, -0.2) is 4.39 Å². The Labute approximate surface area is 96.9 Å². The van der Waals surface area contributed by atoms with E-state index in [1.165, 1.54) is 6.42 Å². The predicted octanol–water partition coefficient (Wildman–Crippen LogP) is 3.56. The third-order valence-corrected chi connectivity index (χ3v) is 3.87. The number of hydrogen-bond acceptors (Lipinski definition) is 1. The average molecular weight is 221 g/mol. The van der Waals surface area contributed by atoms with Gasteiger partial charge in [0.1, 0.15) is 5.82 Å². The van der Waals surface area contributed by atoms with Crippen LogP contribution >= 0.6 is 0 Å². The standard InChI is InChI=1S/C14H20FN/c1-10-8-12(13(15)9-11(10)2)14(16)6-4-3-5-7-14/h8-9H,3-7,16H2,1-2H3. The summed E-state index contributed by atoms with van der Waals surface area (Å²) in [6.45, 7) is 3.96. The van der Waals surface area contributed by atoms with E-state index in [0.29, 0.717) is 0 Å². The molecular formula is C14H20FN. The third kappa shape index (κ3) is 1.99. The Kier molecular flexibility index (Phi) is 3.02. The van der Waals surface area contributed by atoms with Gasteiger partial charge in [0, 0.05) is 11.1 Å². The monoisotopic (exact) mass is 221 g/mol. The molecule has 1 nitrogen and oxygen atoms in total. The van der Waals surface area contributed by atoms with Crippen LogP contribution in [0.2, 0.25) is 0 Å². The molecule has 0 spiro atoms. The van der Waals surface area contributed by atoms with E-state index in [1.54, 1.807) is 6.07 Å². The van der Waals surface area contributed by atoms with E-state index in [0.717, 1.165) is 42.4 Å². The molecule has 1 aromatic rings. The van der Waals surface area contributed by atoms with Crippen molar-refractivity contribution >= 4 is 0 Å². The summed E-state index contributed by atoms with van der Waals surface area (Å²) in [5.41, 5.74) is 8.78. The van der Waals surface area contributed by atoms with Gasteiger partial charge in [0.25, 0.3) is 0 Å². The molecule has 0 aromatic heterocycles. The Bertz CT molecular complexity index is 392. The van der Waals surface area contributed by atoms with Gasteiger partial charge in [0.05, 0.1) is 0 Å². The number of halogens is 1. The number of benzene rings is 1. The Morgan fingerprint density at radius 3 is 2.25 bits per heavy atom. The first-order valence-electron chi connectivity index (χ1n) is 6.09. The lowest BCUT2D eigenvalue weighted by Gasteiger charge is -2.34. The molecule has 0 amide bonds. The summed E-state index contributed by atoms with van der Waals surface area (Å²) in [6, 6.07) is 3.56. The molecule has 2 heteroatoms. The molecule has 0 radical (unpaired) electrons. The fourth-order valence-corrected chi connectivity index (χ4v) is 2.61. The topological polar surface area (TPSA) is 26.0 Å². The highest BCUT2D eigenvalue weighted by Gasteiger charge is 2.32. The van der Waals surface area contributed by atoms with E-state index in [9.17, 15) is 4.39 Å². The van der Waals surface area contributed by atoms with Gasteiger partial charge in [0.15, 0.2) is 0 Å². The molecule has 0 unspecified atom stereocenters. The smallest absolute Gasteiger partial charge is 0.128 e. The minimum absolute atomic E-state index is 0.132. The van der Waals surface area contributed by atoms with Gasteiger partial charge in [-0.2, -0.15) is 0 Å². The van der Waals surface area contributed by atoms with E-state index in [-0.39, 0.29) is 5.82 Å². The molecule has 0 saturated heterocycles. The molecule has 0 heterocycles. The highest BCUT2D eigenvalue weighted by molar-refractivity contribution is 5.35. The maximum absolute atomic E-state index is 14.0. The Morgan fingerprint density at radius 2 is 1.62 bits per heavy atom. The van der Waals surface area contributed by atoms with Crippen LogP contribution in [-0.2, 0) is 5.54 Å². The van der Waals surface area contributed by atoms with Crippen molar-refractivity contribution in [3.8, 4) is 0 Å². The van der Waals surface area contributed by atoms with Gasteiger partial charge in [-0.15, -0.1) is 0 Å². The van der Waals surface area contributed by atoms with E-state index in [2.05, 4.69) is 0 Å². The molecule has 88 valence electrons. The van der Waals surface area contributed by atoms with Crippen molar-refractivity contribution in [3.05, 3.63) is 34.6 Å². The summed E-state index contributed by atoms with van der Waals surface area (Å²) in [5.74, 6) is -0.132. The van der Waals surface area contributed by atoms with E-state index < -0.39 is 5.54 Å². The summed E-state index contributed by atoms with van der Waals surface area (Å²) in [4.78, 5) is 0. The minimum atomic E-state index is -0.430. The third-order valence-electron chi connectivity index (χ3n) is 3.87. The van der Waals surface area contributed by atoms with Crippen LogP contribution < -0.4 is 5.73 Å². The summed E-state index contributed by atoms with van der Waals surface area (Å²) in [5, 5.41) is 0. The SMILES string of the molecule is Cc1cc(F)c(C2(N)CCCCC2)cc1C. The average Bonchev–Trinajstić information content (AvgIpc) is 2.24. The zero-order chi connectivity index (χ0) is 11.8. The molecule has 2 rings (SSSR count). The highest BCUT2D eigenvalue weighted by atomic mass is 19.1. The van der Waals surface area contributed by atoms with Gasteiger partial charge in [0.2, 0.25) is 0 Å². The van der Waals surface area contributed by atoms with Gasteiger partial charge in [-0.3, -0.25) is 0 Å². The molecule has 1 fully saturated rings. The molecule has 1 aliphatic carbocycles. The Morgan fingerprint density at radius 1 is 1.06 bits per heavy atom. The van der Waals surface area contributed by atoms with Crippen LogP contribution in [0.3, 0.4) is 0 Å². The number of aryl methyl sites for hydroxylation is 2. The van der Waals surface area contributed by atoms with Gasteiger partial charge in [-0.05, 0) is 43.9 Å². The summed E-state index contributed by atoms with van der Waals surface area (Å²) < 4.78 is 14.0. The number of hydrogen-bond donors (Lipinski definition) is 1. The maximum Gasteiger partial charge on any atom is 0.128 e. The first-order chi connectivity index (χ1) is 7.53. The van der Waals surface area contributed by atoms with Crippen LogP contribution in [0.25, 0.3) is 0 Å².